The topological polar surface area (TPSA) is 35.5 Å². The number of phenols is 1. The van der Waals surface area contributed by atoms with E-state index in [2.05, 4.69) is 17.1 Å². The molecule has 0 unspecified atom stereocenters. The third-order valence-corrected chi connectivity index (χ3v) is 4.52. The Labute approximate surface area is 137 Å². The van der Waals surface area contributed by atoms with E-state index in [0.717, 1.165) is 44.1 Å². The van der Waals surface area contributed by atoms with Crippen molar-refractivity contribution in [1.82, 2.24) is 10.2 Å². The molecule has 118 valence electrons. The smallest absolute Gasteiger partial charge is 0.138 e. The molecule has 2 rings (SSSR count). The summed E-state index contributed by atoms with van der Waals surface area (Å²) in [5.74, 6) is 0.891. The first-order valence-electron chi connectivity index (χ1n) is 7.70. The molecule has 2 N–H and O–H groups in total. The zero-order chi connectivity index (χ0) is 15.2. The van der Waals surface area contributed by atoms with Crippen LogP contribution in [0.3, 0.4) is 0 Å². The number of nitrogens with zero attached hydrogens (tertiary/aromatic N) is 1. The Morgan fingerprint density at radius 1 is 1.29 bits per heavy atom. The first-order chi connectivity index (χ1) is 10.1. The molecule has 0 aromatic heterocycles. The molecule has 0 spiro atoms. The van der Waals surface area contributed by atoms with Gasteiger partial charge < -0.3 is 10.4 Å². The molecular formula is C16H24Cl2N2O. The van der Waals surface area contributed by atoms with Crippen LogP contribution in [-0.4, -0.2) is 36.2 Å². The van der Waals surface area contributed by atoms with Gasteiger partial charge in [-0.05, 0) is 56.9 Å². The number of nitrogens with one attached hydrogen (secondary N) is 1. The number of benzene rings is 1. The molecule has 1 aromatic carbocycles. The molecule has 3 nitrogen and oxygen atoms in total. The molecular weight excluding hydrogens is 307 g/mol. The van der Waals surface area contributed by atoms with Crippen LogP contribution in [0.2, 0.25) is 10.0 Å². The van der Waals surface area contributed by atoms with Gasteiger partial charge >= 0.3 is 0 Å². The third-order valence-electron chi connectivity index (χ3n) is 4.02. The van der Waals surface area contributed by atoms with Crippen LogP contribution in [0, 0.1) is 5.92 Å². The van der Waals surface area contributed by atoms with Gasteiger partial charge in [-0.25, -0.2) is 0 Å². The molecule has 0 aliphatic carbocycles. The molecule has 1 heterocycles. The van der Waals surface area contributed by atoms with Gasteiger partial charge in [0.2, 0.25) is 0 Å². The van der Waals surface area contributed by atoms with E-state index < -0.39 is 0 Å². The van der Waals surface area contributed by atoms with Gasteiger partial charge in [-0.3, -0.25) is 4.90 Å². The first kappa shape index (κ1) is 16.9. The van der Waals surface area contributed by atoms with Crippen LogP contribution >= 0.6 is 23.2 Å². The summed E-state index contributed by atoms with van der Waals surface area (Å²) >= 11 is 12.1. The maximum absolute atomic E-state index is 10.1. The molecule has 0 amide bonds. The normalized spacial score (nSPS) is 16.6. The van der Waals surface area contributed by atoms with E-state index in [1.165, 1.54) is 12.8 Å². The minimum absolute atomic E-state index is 0.160. The van der Waals surface area contributed by atoms with Gasteiger partial charge in [0.1, 0.15) is 5.75 Å². The number of halogens is 2. The Balaban J connectivity index is 2.04. The number of piperidine rings is 1. The van der Waals surface area contributed by atoms with Crippen LogP contribution in [0.5, 0.6) is 5.75 Å². The minimum atomic E-state index is 0.160. The molecule has 1 saturated heterocycles. The molecule has 1 fully saturated rings. The predicted molar refractivity (Wildman–Crippen MR) is 89.3 cm³/mol. The summed E-state index contributed by atoms with van der Waals surface area (Å²) in [6.07, 6.45) is 3.55. The van der Waals surface area contributed by atoms with Gasteiger partial charge in [0.25, 0.3) is 0 Å². The number of aromatic hydroxyl groups is 1. The van der Waals surface area contributed by atoms with Crippen molar-refractivity contribution >= 4 is 23.2 Å². The number of hydrogen-bond donors (Lipinski definition) is 2. The highest BCUT2D eigenvalue weighted by molar-refractivity contribution is 6.35. The second-order valence-corrected chi connectivity index (χ2v) is 6.67. The summed E-state index contributed by atoms with van der Waals surface area (Å²) in [5, 5.41) is 14.4. The van der Waals surface area contributed by atoms with E-state index in [4.69, 9.17) is 23.2 Å². The second-order valence-electron chi connectivity index (χ2n) is 5.82. The van der Waals surface area contributed by atoms with E-state index in [-0.39, 0.29) is 5.75 Å². The average molecular weight is 331 g/mol. The Morgan fingerprint density at radius 2 is 2.00 bits per heavy atom. The van der Waals surface area contributed by atoms with Crippen LogP contribution in [-0.2, 0) is 6.54 Å². The van der Waals surface area contributed by atoms with Crippen molar-refractivity contribution in [3.63, 3.8) is 0 Å². The van der Waals surface area contributed by atoms with Crippen molar-refractivity contribution in [2.45, 2.75) is 32.7 Å². The highest BCUT2D eigenvalue weighted by atomic mass is 35.5. The molecule has 1 aliphatic rings. The van der Waals surface area contributed by atoms with Crippen LogP contribution in [0.1, 0.15) is 31.7 Å². The van der Waals surface area contributed by atoms with Gasteiger partial charge in [0.15, 0.2) is 0 Å². The van der Waals surface area contributed by atoms with E-state index in [1.54, 1.807) is 6.07 Å². The Bertz CT molecular complexity index is 462. The Hall–Kier alpha value is -0.480. The standard InChI is InChI=1S/C16H24Cl2N2O/c1-2-7-20(10-12-3-5-19-6-4-12)11-13-8-14(17)9-15(18)16(13)21/h8-9,12,19,21H,2-7,10-11H2,1H3. The van der Waals surface area contributed by atoms with Crippen molar-refractivity contribution < 1.29 is 5.11 Å². The lowest BCUT2D eigenvalue weighted by Crippen LogP contribution is -2.36. The number of rotatable bonds is 6. The summed E-state index contributed by atoms with van der Waals surface area (Å²) in [6, 6.07) is 3.40. The quantitative estimate of drug-likeness (QED) is 0.830. The third kappa shape index (κ3) is 5.03. The average Bonchev–Trinajstić information content (AvgIpc) is 2.45. The highest BCUT2D eigenvalue weighted by Crippen LogP contribution is 2.32. The molecule has 1 aromatic rings. The van der Waals surface area contributed by atoms with Gasteiger partial charge in [0.05, 0.1) is 5.02 Å². The van der Waals surface area contributed by atoms with E-state index >= 15 is 0 Å². The molecule has 0 atom stereocenters. The molecule has 0 saturated carbocycles. The zero-order valence-corrected chi connectivity index (χ0v) is 14.1. The largest absolute Gasteiger partial charge is 0.506 e. The zero-order valence-electron chi connectivity index (χ0n) is 12.5. The van der Waals surface area contributed by atoms with Crippen molar-refractivity contribution in [2.24, 2.45) is 5.92 Å². The fourth-order valence-electron chi connectivity index (χ4n) is 2.96. The van der Waals surface area contributed by atoms with Gasteiger partial charge in [-0.1, -0.05) is 30.1 Å². The van der Waals surface area contributed by atoms with E-state index in [1.807, 2.05) is 6.07 Å². The van der Waals surface area contributed by atoms with Crippen LogP contribution in [0.15, 0.2) is 12.1 Å². The summed E-state index contributed by atoms with van der Waals surface area (Å²) in [4.78, 5) is 2.40. The Kier molecular flexibility index (Phi) is 6.62. The monoisotopic (exact) mass is 330 g/mol. The van der Waals surface area contributed by atoms with Crippen molar-refractivity contribution in [3.05, 3.63) is 27.7 Å². The molecule has 5 heteroatoms. The lowest BCUT2D eigenvalue weighted by atomic mass is 9.97. The minimum Gasteiger partial charge on any atom is -0.506 e. The predicted octanol–water partition coefficient (Wildman–Crippen LogP) is 3.91. The van der Waals surface area contributed by atoms with Crippen molar-refractivity contribution in [1.29, 1.82) is 0 Å². The highest BCUT2D eigenvalue weighted by Gasteiger charge is 2.18. The SMILES string of the molecule is CCCN(Cc1cc(Cl)cc(Cl)c1O)CC1CCNCC1. The summed E-state index contributed by atoms with van der Waals surface area (Å²) in [7, 11) is 0. The van der Waals surface area contributed by atoms with Crippen LogP contribution < -0.4 is 5.32 Å². The summed E-state index contributed by atoms with van der Waals surface area (Å²) < 4.78 is 0. The first-order valence-corrected chi connectivity index (χ1v) is 8.45. The molecule has 21 heavy (non-hydrogen) atoms. The maximum Gasteiger partial charge on any atom is 0.138 e. The molecule has 0 bridgehead atoms. The van der Waals surface area contributed by atoms with Gasteiger partial charge in [0, 0.05) is 23.7 Å². The second kappa shape index (κ2) is 8.23. The molecule has 1 aliphatic heterocycles. The summed E-state index contributed by atoms with van der Waals surface area (Å²) in [5.41, 5.74) is 0.815. The number of hydrogen-bond acceptors (Lipinski definition) is 3. The molecule has 0 radical (unpaired) electrons. The van der Waals surface area contributed by atoms with E-state index in [0.29, 0.717) is 16.6 Å². The van der Waals surface area contributed by atoms with Crippen LogP contribution in [0.25, 0.3) is 0 Å². The summed E-state index contributed by atoms with van der Waals surface area (Å²) in [6.45, 7) is 7.19. The van der Waals surface area contributed by atoms with Gasteiger partial charge in [-0.2, -0.15) is 0 Å². The lowest BCUT2D eigenvalue weighted by molar-refractivity contribution is 0.197. The fourth-order valence-corrected chi connectivity index (χ4v) is 3.50. The number of phenolic OH excluding ortho intramolecular Hbond substituents is 1. The van der Waals surface area contributed by atoms with Crippen LogP contribution in [0.4, 0.5) is 0 Å². The Morgan fingerprint density at radius 3 is 2.67 bits per heavy atom. The fraction of sp³-hybridized carbons (Fsp3) is 0.625. The van der Waals surface area contributed by atoms with E-state index in [9.17, 15) is 5.11 Å². The van der Waals surface area contributed by atoms with Crippen molar-refractivity contribution in [3.8, 4) is 5.75 Å². The van der Waals surface area contributed by atoms with Gasteiger partial charge in [-0.15, -0.1) is 0 Å². The maximum atomic E-state index is 10.1. The van der Waals surface area contributed by atoms with Crippen molar-refractivity contribution in [2.75, 3.05) is 26.2 Å². The lowest BCUT2D eigenvalue weighted by Gasteiger charge is -2.30.